The number of rotatable bonds is 4. The molecular weight excluding hydrogens is 270 g/mol. The first-order chi connectivity index (χ1) is 7.69. The molecule has 0 radical (unpaired) electrons. The summed E-state index contributed by atoms with van der Waals surface area (Å²) in [5, 5.41) is 8.64. The Morgan fingerprint density at radius 3 is 2.88 bits per heavy atom. The molecule has 1 aromatic rings. The highest BCUT2D eigenvalue weighted by Crippen LogP contribution is 2.09. The summed E-state index contributed by atoms with van der Waals surface area (Å²) in [5.41, 5.74) is 0.506. The van der Waals surface area contributed by atoms with Crippen molar-refractivity contribution in [1.29, 1.82) is 5.26 Å². The minimum absolute atomic E-state index is 0.114. The van der Waals surface area contributed by atoms with Crippen LogP contribution in [0.5, 0.6) is 0 Å². The number of hydrogen-bond donors (Lipinski definition) is 0. The van der Waals surface area contributed by atoms with Gasteiger partial charge in [-0.3, -0.25) is 4.79 Å². The molecular formula is C11H12BrN3O. The number of amides is 1. The molecule has 0 saturated carbocycles. The van der Waals surface area contributed by atoms with Gasteiger partial charge in [0.15, 0.2) is 0 Å². The van der Waals surface area contributed by atoms with Gasteiger partial charge in [0.1, 0.15) is 11.1 Å². The Morgan fingerprint density at radius 2 is 2.38 bits per heavy atom. The smallest absolute Gasteiger partial charge is 0.256 e. The van der Waals surface area contributed by atoms with Crippen LogP contribution >= 0.6 is 15.9 Å². The molecule has 0 aromatic carbocycles. The van der Waals surface area contributed by atoms with Gasteiger partial charge in [0.05, 0.1) is 11.6 Å². The van der Waals surface area contributed by atoms with Gasteiger partial charge >= 0.3 is 0 Å². The maximum absolute atomic E-state index is 12.0. The molecule has 1 rings (SSSR count). The highest BCUT2D eigenvalue weighted by atomic mass is 79.9. The monoisotopic (exact) mass is 281 g/mol. The zero-order chi connectivity index (χ0) is 12.0. The molecule has 0 spiro atoms. The fourth-order valence-electron chi connectivity index (χ4n) is 1.29. The van der Waals surface area contributed by atoms with Gasteiger partial charge in [-0.25, -0.2) is 4.98 Å². The summed E-state index contributed by atoms with van der Waals surface area (Å²) in [5.74, 6) is -0.150. The quantitative estimate of drug-likeness (QED) is 0.628. The van der Waals surface area contributed by atoms with Crippen LogP contribution in [0.25, 0.3) is 0 Å². The largest absolute Gasteiger partial charge is 0.325 e. The molecule has 84 valence electrons. The Labute approximate surface area is 103 Å². The van der Waals surface area contributed by atoms with E-state index in [0.717, 1.165) is 6.42 Å². The molecule has 0 bridgehead atoms. The van der Waals surface area contributed by atoms with Gasteiger partial charge in [0, 0.05) is 12.7 Å². The third-order valence-corrected chi connectivity index (χ3v) is 2.49. The number of hydrogen-bond acceptors (Lipinski definition) is 3. The average Bonchev–Trinajstić information content (AvgIpc) is 2.29. The summed E-state index contributed by atoms with van der Waals surface area (Å²) in [6, 6.07) is 5.40. The van der Waals surface area contributed by atoms with Crippen LogP contribution in [0.1, 0.15) is 23.7 Å². The van der Waals surface area contributed by atoms with Gasteiger partial charge in [-0.05, 0) is 34.5 Å². The van der Waals surface area contributed by atoms with Crippen LogP contribution in [-0.2, 0) is 0 Å². The van der Waals surface area contributed by atoms with Crippen molar-refractivity contribution in [1.82, 2.24) is 9.88 Å². The summed E-state index contributed by atoms with van der Waals surface area (Å²) in [4.78, 5) is 17.5. The lowest BCUT2D eigenvalue weighted by molar-refractivity contribution is 0.0775. The number of nitriles is 1. The standard InChI is InChI=1S/C11H12BrN3O/c1-2-6-15(7-5-13)11(16)9-3-4-10(12)14-8-9/h3-4,8H,2,6-7H2,1H3. The molecule has 1 aromatic heterocycles. The van der Waals surface area contributed by atoms with E-state index < -0.39 is 0 Å². The fourth-order valence-corrected chi connectivity index (χ4v) is 1.53. The van der Waals surface area contributed by atoms with Gasteiger partial charge < -0.3 is 4.90 Å². The molecule has 5 heteroatoms. The van der Waals surface area contributed by atoms with E-state index in [0.29, 0.717) is 16.7 Å². The van der Waals surface area contributed by atoms with Crippen LogP contribution in [0, 0.1) is 11.3 Å². The first-order valence-corrected chi connectivity index (χ1v) is 5.76. The molecule has 0 unspecified atom stereocenters. The molecule has 4 nitrogen and oxygen atoms in total. The molecule has 0 saturated heterocycles. The second-order valence-electron chi connectivity index (χ2n) is 3.25. The topological polar surface area (TPSA) is 57.0 Å². The lowest BCUT2D eigenvalue weighted by Gasteiger charge is -2.18. The third-order valence-electron chi connectivity index (χ3n) is 2.02. The van der Waals surface area contributed by atoms with Crippen molar-refractivity contribution >= 4 is 21.8 Å². The third kappa shape index (κ3) is 3.31. The second kappa shape index (κ2) is 6.23. The van der Waals surface area contributed by atoms with E-state index in [-0.39, 0.29) is 12.5 Å². The zero-order valence-electron chi connectivity index (χ0n) is 8.98. The number of halogens is 1. The number of carbonyl (C=O) groups excluding carboxylic acids is 1. The minimum Gasteiger partial charge on any atom is -0.325 e. The Hall–Kier alpha value is -1.41. The van der Waals surface area contributed by atoms with Gasteiger partial charge in [-0.15, -0.1) is 0 Å². The number of pyridine rings is 1. The molecule has 16 heavy (non-hydrogen) atoms. The molecule has 0 aliphatic carbocycles. The summed E-state index contributed by atoms with van der Waals surface area (Å²) < 4.78 is 0.686. The van der Waals surface area contributed by atoms with Crippen molar-refractivity contribution in [3.63, 3.8) is 0 Å². The van der Waals surface area contributed by atoms with E-state index in [2.05, 4.69) is 20.9 Å². The molecule has 0 atom stereocenters. The lowest BCUT2D eigenvalue weighted by Crippen LogP contribution is -2.32. The van der Waals surface area contributed by atoms with Crippen LogP contribution in [0.4, 0.5) is 0 Å². The Kier molecular flexibility index (Phi) is 4.93. The van der Waals surface area contributed by atoms with Crippen molar-refractivity contribution in [3.8, 4) is 6.07 Å². The molecule has 1 amide bonds. The molecule has 0 N–H and O–H groups in total. The Bertz CT molecular complexity index is 397. The zero-order valence-corrected chi connectivity index (χ0v) is 10.6. The van der Waals surface area contributed by atoms with Crippen LogP contribution in [0.3, 0.4) is 0 Å². The highest BCUT2D eigenvalue weighted by molar-refractivity contribution is 9.10. The van der Waals surface area contributed by atoms with Crippen LogP contribution in [0.15, 0.2) is 22.9 Å². The molecule has 0 aliphatic rings. The molecule has 1 heterocycles. The van der Waals surface area contributed by atoms with Crippen molar-refractivity contribution in [2.75, 3.05) is 13.1 Å². The molecule has 0 fully saturated rings. The van der Waals surface area contributed by atoms with E-state index in [9.17, 15) is 4.79 Å². The predicted molar refractivity (Wildman–Crippen MR) is 63.7 cm³/mol. The van der Waals surface area contributed by atoms with Gasteiger partial charge in [-0.2, -0.15) is 5.26 Å². The second-order valence-corrected chi connectivity index (χ2v) is 4.07. The van der Waals surface area contributed by atoms with E-state index >= 15 is 0 Å². The van der Waals surface area contributed by atoms with E-state index in [1.807, 2.05) is 13.0 Å². The fraction of sp³-hybridized carbons (Fsp3) is 0.364. The number of carbonyl (C=O) groups is 1. The maximum Gasteiger partial charge on any atom is 0.256 e. The van der Waals surface area contributed by atoms with Crippen molar-refractivity contribution in [2.45, 2.75) is 13.3 Å². The van der Waals surface area contributed by atoms with Crippen LogP contribution in [0.2, 0.25) is 0 Å². The average molecular weight is 282 g/mol. The number of nitrogens with zero attached hydrogens (tertiary/aromatic N) is 3. The van der Waals surface area contributed by atoms with Gasteiger partial charge in [-0.1, -0.05) is 6.92 Å². The van der Waals surface area contributed by atoms with Crippen LogP contribution in [-0.4, -0.2) is 28.9 Å². The maximum atomic E-state index is 12.0. The van der Waals surface area contributed by atoms with Crippen LogP contribution < -0.4 is 0 Å². The Balaban J connectivity index is 2.82. The van der Waals surface area contributed by atoms with Gasteiger partial charge in [0.25, 0.3) is 5.91 Å². The minimum atomic E-state index is -0.150. The van der Waals surface area contributed by atoms with E-state index in [4.69, 9.17) is 5.26 Å². The highest BCUT2D eigenvalue weighted by Gasteiger charge is 2.14. The summed E-state index contributed by atoms with van der Waals surface area (Å²) in [7, 11) is 0. The van der Waals surface area contributed by atoms with Gasteiger partial charge in [0.2, 0.25) is 0 Å². The normalized spacial score (nSPS) is 9.56. The predicted octanol–water partition coefficient (Wildman–Crippen LogP) is 2.22. The summed E-state index contributed by atoms with van der Waals surface area (Å²) in [6.45, 7) is 2.67. The first-order valence-electron chi connectivity index (χ1n) is 4.96. The van der Waals surface area contributed by atoms with Crippen molar-refractivity contribution < 1.29 is 4.79 Å². The first kappa shape index (κ1) is 12.7. The van der Waals surface area contributed by atoms with E-state index in [1.54, 1.807) is 12.1 Å². The van der Waals surface area contributed by atoms with Crippen molar-refractivity contribution in [3.05, 3.63) is 28.5 Å². The Morgan fingerprint density at radius 1 is 1.62 bits per heavy atom. The summed E-state index contributed by atoms with van der Waals surface area (Å²) in [6.07, 6.45) is 2.34. The summed E-state index contributed by atoms with van der Waals surface area (Å²) >= 11 is 3.20. The van der Waals surface area contributed by atoms with Crippen molar-refractivity contribution in [2.24, 2.45) is 0 Å². The number of aromatic nitrogens is 1. The lowest BCUT2D eigenvalue weighted by atomic mass is 10.2. The van der Waals surface area contributed by atoms with E-state index in [1.165, 1.54) is 11.1 Å². The molecule has 0 aliphatic heterocycles. The SMILES string of the molecule is CCCN(CC#N)C(=O)c1ccc(Br)nc1.